The number of nitrogens with two attached hydrogens (primary N) is 1. The van der Waals surface area contributed by atoms with Crippen molar-refractivity contribution >= 4 is 22.5 Å². The monoisotopic (exact) mass is 239 g/mol. The number of rotatable bonds is 2. The van der Waals surface area contributed by atoms with Gasteiger partial charge in [0.25, 0.3) is 0 Å². The van der Waals surface area contributed by atoms with Crippen molar-refractivity contribution in [2.24, 2.45) is 5.73 Å². The summed E-state index contributed by atoms with van der Waals surface area (Å²) in [5, 5.41) is 0.718. The second kappa shape index (κ2) is 4.31. The number of fused-ring (bicyclic) bond motifs is 1. The van der Waals surface area contributed by atoms with Gasteiger partial charge in [0.05, 0.1) is 5.69 Å². The molecule has 1 atom stereocenters. The highest BCUT2D eigenvalue weighted by atomic mass is 35.5. The molecule has 1 unspecified atom stereocenters. The number of para-hydroxylation sites is 1. The van der Waals surface area contributed by atoms with Crippen molar-refractivity contribution < 1.29 is 4.39 Å². The van der Waals surface area contributed by atoms with Crippen molar-refractivity contribution in [2.45, 2.75) is 19.4 Å². The minimum Gasteiger partial charge on any atom is -0.328 e. The van der Waals surface area contributed by atoms with Crippen molar-refractivity contribution in [3.63, 3.8) is 0 Å². The molecular formula is C11H11ClFN3. The minimum atomic E-state index is -0.396. The van der Waals surface area contributed by atoms with Gasteiger partial charge < -0.3 is 5.73 Å². The SMILES string of the molecule is CC(N)Cc1nc(Cl)nc2c(F)cccc12. The van der Waals surface area contributed by atoms with Crippen LogP contribution in [0.2, 0.25) is 5.28 Å². The summed E-state index contributed by atoms with van der Waals surface area (Å²) in [5.74, 6) is -0.396. The van der Waals surface area contributed by atoms with Gasteiger partial charge in [-0.3, -0.25) is 0 Å². The third-order valence-corrected chi connectivity index (χ3v) is 2.41. The molecule has 5 heteroatoms. The first-order valence-electron chi connectivity index (χ1n) is 4.94. The predicted octanol–water partition coefficient (Wildman–Crippen LogP) is 2.31. The van der Waals surface area contributed by atoms with Crippen LogP contribution in [0.15, 0.2) is 18.2 Å². The number of hydrogen-bond donors (Lipinski definition) is 1. The fourth-order valence-electron chi connectivity index (χ4n) is 1.61. The molecule has 0 radical (unpaired) electrons. The predicted molar refractivity (Wildman–Crippen MR) is 61.9 cm³/mol. The molecule has 0 amide bonds. The first-order valence-corrected chi connectivity index (χ1v) is 5.32. The van der Waals surface area contributed by atoms with Crippen molar-refractivity contribution in [1.82, 2.24) is 9.97 Å². The van der Waals surface area contributed by atoms with Crippen LogP contribution in [0.5, 0.6) is 0 Å². The Hall–Kier alpha value is -1.26. The van der Waals surface area contributed by atoms with Crippen molar-refractivity contribution in [1.29, 1.82) is 0 Å². The van der Waals surface area contributed by atoms with E-state index in [1.165, 1.54) is 6.07 Å². The highest BCUT2D eigenvalue weighted by Gasteiger charge is 2.11. The van der Waals surface area contributed by atoms with Crippen LogP contribution in [0.4, 0.5) is 4.39 Å². The lowest BCUT2D eigenvalue weighted by Crippen LogP contribution is -2.19. The Morgan fingerprint density at radius 3 is 2.88 bits per heavy atom. The zero-order valence-electron chi connectivity index (χ0n) is 8.74. The highest BCUT2D eigenvalue weighted by molar-refractivity contribution is 6.28. The molecular weight excluding hydrogens is 229 g/mol. The summed E-state index contributed by atoms with van der Waals surface area (Å²) in [6.07, 6.45) is 0.544. The molecule has 0 spiro atoms. The molecule has 0 aliphatic carbocycles. The lowest BCUT2D eigenvalue weighted by atomic mass is 10.1. The van der Waals surface area contributed by atoms with E-state index in [2.05, 4.69) is 9.97 Å². The Kier molecular flexibility index (Phi) is 3.03. The number of aromatic nitrogens is 2. The molecule has 0 aliphatic rings. The lowest BCUT2D eigenvalue weighted by Gasteiger charge is -2.08. The molecule has 0 aliphatic heterocycles. The van der Waals surface area contributed by atoms with Gasteiger partial charge in [-0.2, -0.15) is 0 Å². The smallest absolute Gasteiger partial charge is 0.223 e. The van der Waals surface area contributed by atoms with Crippen LogP contribution in [-0.2, 0) is 6.42 Å². The molecule has 0 fully saturated rings. The number of nitrogens with zero attached hydrogens (tertiary/aromatic N) is 2. The van der Waals surface area contributed by atoms with Gasteiger partial charge >= 0.3 is 0 Å². The number of halogens is 2. The van der Waals surface area contributed by atoms with Gasteiger partial charge in [0.15, 0.2) is 0 Å². The van der Waals surface area contributed by atoms with E-state index < -0.39 is 5.82 Å². The zero-order valence-corrected chi connectivity index (χ0v) is 9.50. The summed E-state index contributed by atoms with van der Waals surface area (Å²) in [6, 6.07) is 4.69. The van der Waals surface area contributed by atoms with Gasteiger partial charge in [0.1, 0.15) is 11.3 Å². The summed E-state index contributed by atoms with van der Waals surface area (Å²) >= 11 is 5.75. The molecule has 1 aromatic heterocycles. The highest BCUT2D eigenvalue weighted by Crippen LogP contribution is 2.21. The van der Waals surface area contributed by atoms with Crippen molar-refractivity contribution in [3.05, 3.63) is 35.0 Å². The first-order chi connectivity index (χ1) is 7.58. The van der Waals surface area contributed by atoms with E-state index >= 15 is 0 Å². The topological polar surface area (TPSA) is 51.8 Å². The molecule has 84 valence electrons. The van der Waals surface area contributed by atoms with Crippen LogP contribution in [0.3, 0.4) is 0 Å². The largest absolute Gasteiger partial charge is 0.328 e. The summed E-state index contributed by atoms with van der Waals surface area (Å²) < 4.78 is 13.5. The zero-order chi connectivity index (χ0) is 11.7. The van der Waals surface area contributed by atoms with Crippen LogP contribution in [-0.4, -0.2) is 16.0 Å². The molecule has 2 aromatic rings. The molecule has 2 N–H and O–H groups in total. The Morgan fingerprint density at radius 2 is 2.19 bits per heavy atom. The Balaban J connectivity index is 2.68. The molecule has 0 bridgehead atoms. The molecule has 3 nitrogen and oxygen atoms in total. The Bertz CT molecular complexity index is 528. The van der Waals surface area contributed by atoms with E-state index in [4.69, 9.17) is 17.3 Å². The molecule has 1 heterocycles. The van der Waals surface area contributed by atoms with Crippen LogP contribution < -0.4 is 5.73 Å². The van der Waals surface area contributed by atoms with Gasteiger partial charge in [-0.25, -0.2) is 14.4 Å². The van der Waals surface area contributed by atoms with Crippen LogP contribution >= 0.6 is 11.6 Å². The Labute approximate surface area is 97.5 Å². The quantitative estimate of drug-likeness (QED) is 0.819. The average molecular weight is 240 g/mol. The Morgan fingerprint density at radius 1 is 1.44 bits per heavy atom. The lowest BCUT2D eigenvalue weighted by molar-refractivity contribution is 0.635. The number of benzene rings is 1. The fourth-order valence-corrected chi connectivity index (χ4v) is 1.80. The maximum absolute atomic E-state index is 13.5. The van der Waals surface area contributed by atoms with Crippen LogP contribution in [0, 0.1) is 5.82 Å². The second-order valence-corrected chi connectivity index (χ2v) is 4.09. The third-order valence-electron chi connectivity index (χ3n) is 2.24. The normalized spacial score (nSPS) is 13.0. The standard InChI is InChI=1S/C11H11ClFN3/c1-6(14)5-9-7-3-2-4-8(13)10(7)16-11(12)15-9/h2-4,6H,5,14H2,1H3. The third kappa shape index (κ3) is 2.13. The van der Waals surface area contributed by atoms with Crippen molar-refractivity contribution in [3.8, 4) is 0 Å². The van der Waals surface area contributed by atoms with E-state index in [1.54, 1.807) is 12.1 Å². The maximum Gasteiger partial charge on any atom is 0.223 e. The van der Waals surface area contributed by atoms with Gasteiger partial charge in [-0.15, -0.1) is 0 Å². The molecule has 0 saturated heterocycles. The second-order valence-electron chi connectivity index (χ2n) is 3.76. The molecule has 0 saturated carbocycles. The van der Waals surface area contributed by atoms with Crippen molar-refractivity contribution in [2.75, 3.05) is 0 Å². The van der Waals surface area contributed by atoms with Gasteiger partial charge in [0.2, 0.25) is 5.28 Å². The number of hydrogen-bond acceptors (Lipinski definition) is 3. The summed E-state index contributed by atoms with van der Waals surface area (Å²) in [4.78, 5) is 7.97. The fraction of sp³-hybridized carbons (Fsp3) is 0.273. The molecule has 16 heavy (non-hydrogen) atoms. The van der Waals surface area contributed by atoms with E-state index in [9.17, 15) is 4.39 Å². The molecule has 2 rings (SSSR count). The van der Waals surface area contributed by atoms with Gasteiger partial charge in [-0.05, 0) is 24.6 Å². The minimum absolute atomic E-state index is 0.0493. The van der Waals surface area contributed by atoms with E-state index in [0.717, 1.165) is 0 Å². The first kappa shape index (κ1) is 11.2. The average Bonchev–Trinajstić information content (AvgIpc) is 2.18. The van der Waals surface area contributed by atoms with Gasteiger partial charge in [-0.1, -0.05) is 12.1 Å². The summed E-state index contributed by atoms with van der Waals surface area (Å²) in [5.41, 5.74) is 6.64. The van der Waals surface area contributed by atoms with E-state index in [-0.39, 0.29) is 16.8 Å². The van der Waals surface area contributed by atoms with E-state index in [0.29, 0.717) is 17.5 Å². The van der Waals surface area contributed by atoms with Gasteiger partial charge in [0, 0.05) is 17.8 Å². The van der Waals surface area contributed by atoms with Crippen LogP contribution in [0.1, 0.15) is 12.6 Å². The summed E-state index contributed by atoms with van der Waals surface area (Å²) in [6.45, 7) is 1.86. The molecule has 1 aromatic carbocycles. The van der Waals surface area contributed by atoms with Crippen LogP contribution in [0.25, 0.3) is 10.9 Å². The van der Waals surface area contributed by atoms with E-state index in [1.807, 2.05) is 6.92 Å². The maximum atomic E-state index is 13.5. The summed E-state index contributed by atoms with van der Waals surface area (Å²) in [7, 11) is 0.